The second-order valence-electron chi connectivity index (χ2n) is 5.75. The summed E-state index contributed by atoms with van der Waals surface area (Å²) in [6.07, 6.45) is 3.83. The molecule has 2 heterocycles. The summed E-state index contributed by atoms with van der Waals surface area (Å²) in [7, 11) is 0. The second kappa shape index (κ2) is 6.11. The van der Waals surface area contributed by atoms with Gasteiger partial charge in [-0.25, -0.2) is 0 Å². The first-order valence-corrected chi connectivity index (χ1v) is 7.17. The van der Waals surface area contributed by atoms with Crippen LogP contribution in [0.2, 0.25) is 0 Å². The van der Waals surface area contributed by atoms with E-state index in [1.54, 1.807) is 4.90 Å². The van der Waals surface area contributed by atoms with E-state index in [9.17, 15) is 9.59 Å². The number of hydrogen-bond donors (Lipinski definition) is 1. The number of amides is 1. The maximum Gasteiger partial charge on any atom is 0.303 e. The maximum absolute atomic E-state index is 12.6. The Balaban J connectivity index is 2.08. The third kappa shape index (κ3) is 3.21. The number of rotatable bonds is 4. The summed E-state index contributed by atoms with van der Waals surface area (Å²) in [5.74, 6) is -0.693. The molecule has 1 aliphatic heterocycles. The summed E-state index contributed by atoms with van der Waals surface area (Å²) < 4.78 is 1.96. The number of likely N-dealkylation sites (tertiary alicyclic amines) is 1. The van der Waals surface area contributed by atoms with Crippen molar-refractivity contribution < 1.29 is 14.7 Å². The van der Waals surface area contributed by atoms with Crippen LogP contribution < -0.4 is 0 Å². The maximum atomic E-state index is 12.6. The Kier molecular flexibility index (Phi) is 4.47. The Morgan fingerprint density at radius 2 is 2.20 bits per heavy atom. The average Bonchev–Trinajstić information content (AvgIpc) is 2.86. The summed E-state index contributed by atoms with van der Waals surface area (Å²) in [5.41, 5.74) is 0.691. The zero-order valence-electron chi connectivity index (χ0n) is 12.1. The van der Waals surface area contributed by atoms with E-state index in [-0.39, 0.29) is 24.3 Å². The molecule has 0 aromatic carbocycles. The number of aliphatic carboxylic acids is 1. The highest BCUT2D eigenvalue weighted by molar-refractivity contribution is 5.93. The summed E-state index contributed by atoms with van der Waals surface area (Å²) in [6, 6.07) is 3.96. The minimum Gasteiger partial charge on any atom is -0.481 e. The number of hydrogen-bond acceptors (Lipinski definition) is 2. The molecule has 0 radical (unpaired) electrons. The largest absolute Gasteiger partial charge is 0.481 e. The Morgan fingerprint density at radius 1 is 1.45 bits per heavy atom. The number of nitrogens with zero attached hydrogens (tertiary/aromatic N) is 2. The fraction of sp³-hybridized carbons (Fsp3) is 0.600. The third-order valence-corrected chi connectivity index (χ3v) is 3.82. The molecule has 1 N–H and O–H groups in total. The highest BCUT2D eigenvalue weighted by Crippen LogP contribution is 2.22. The first-order valence-electron chi connectivity index (χ1n) is 7.17. The molecular weight excluding hydrogens is 256 g/mol. The van der Waals surface area contributed by atoms with Crippen molar-refractivity contribution in [2.24, 2.45) is 5.92 Å². The smallest absolute Gasteiger partial charge is 0.303 e. The molecule has 1 amide bonds. The van der Waals surface area contributed by atoms with E-state index in [2.05, 4.69) is 0 Å². The molecule has 1 fully saturated rings. The lowest BCUT2D eigenvalue weighted by Crippen LogP contribution is -2.41. The van der Waals surface area contributed by atoms with E-state index in [4.69, 9.17) is 5.11 Å². The van der Waals surface area contributed by atoms with E-state index in [1.807, 2.05) is 36.7 Å². The number of carbonyl (C=O) groups is 2. The first kappa shape index (κ1) is 14.6. The Hall–Kier alpha value is -1.78. The Labute approximate surface area is 119 Å². The normalized spacial score (nSPS) is 19.4. The number of carbonyl (C=O) groups excluding carboxylic acids is 1. The monoisotopic (exact) mass is 278 g/mol. The minimum absolute atomic E-state index is 0.0128. The molecule has 5 heteroatoms. The van der Waals surface area contributed by atoms with Crippen LogP contribution in [-0.2, 0) is 4.79 Å². The van der Waals surface area contributed by atoms with Gasteiger partial charge in [0.2, 0.25) is 0 Å². The third-order valence-electron chi connectivity index (χ3n) is 3.82. The van der Waals surface area contributed by atoms with Gasteiger partial charge in [-0.3, -0.25) is 9.59 Å². The lowest BCUT2D eigenvalue weighted by Gasteiger charge is -2.32. The van der Waals surface area contributed by atoms with Crippen molar-refractivity contribution in [2.45, 2.75) is 39.2 Å². The topological polar surface area (TPSA) is 62.5 Å². The van der Waals surface area contributed by atoms with Crippen molar-refractivity contribution >= 4 is 11.9 Å². The van der Waals surface area contributed by atoms with Gasteiger partial charge in [0.15, 0.2) is 0 Å². The van der Waals surface area contributed by atoms with Gasteiger partial charge in [0.25, 0.3) is 5.91 Å². The van der Waals surface area contributed by atoms with Crippen molar-refractivity contribution in [2.75, 3.05) is 13.1 Å². The SMILES string of the molecule is CC(C)n1cccc1C(=O)N1CCCC(CC(=O)O)C1. The molecule has 1 atom stereocenters. The van der Waals surface area contributed by atoms with Crippen LogP contribution in [0.1, 0.15) is 49.6 Å². The van der Waals surface area contributed by atoms with Crippen molar-refractivity contribution in [1.82, 2.24) is 9.47 Å². The van der Waals surface area contributed by atoms with Crippen molar-refractivity contribution in [3.8, 4) is 0 Å². The zero-order valence-corrected chi connectivity index (χ0v) is 12.1. The predicted molar refractivity (Wildman–Crippen MR) is 75.7 cm³/mol. The molecule has 1 aliphatic rings. The van der Waals surface area contributed by atoms with Crippen LogP contribution >= 0.6 is 0 Å². The fourth-order valence-electron chi connectivity index (χ4n) is 2.85. The molecule has 0 spiro atoms. The van der Waals surface area contributed by atoms with Crippen LogP contribution in [0.15, 0.2) is 18.3 Å². The van der Waals surface area contributed by atoms with Gasteiger partial charge in [-0.05, 0) is 44.7 Å². The number of piperidine rings is 1. The molecule has 0 bridgehead atoms. The van der Waals surface area contributed by atoms with E-state index in [1.165, 1.54) is 0 Å². The van der Waals surface area contributed by atoms with Gasteiger partial charge in [-0.15, -0.1) is 0 Å². The highest BCUT2D eigenvalue weighted by Gasteiger charge is 2.27. The van der Waals surface area contributed by atoms with Crippen LogP contribution in [0.25, 0.3) is 0 Å². The molecule has 1 saturated heterocycles. The molecule has 20 heavy (non-hydrogen) atoms. The number of aromatic nitrogens is 1. The van der Waals surface area contributed by atoms with Crippen molar-refractivity contribution in [3.05, 3.63) is 24.0 Å². The summed E-state index contributed by atoms with van der Waals surface area (Å²) in [5, 5.41) is 8.88. The zero-order chi connectivity index (χ0) is 14.7. The van der Waals surface area contributed by atoms with Gasteiger partial charge in [0.1, 0.15) is 5.69 Å². The minimum atomic E-state index is -0.783. The standard InChI is InChI=1S/C15H22N2O3/c1-11(2)17-8-4-6-13(17)15(20)16-7-3-5-12(10-16)9-14(18)19/h4,6,8,11-12H,3,5,7,9-10H2,1-2H3,(H,18,19). The summed E-state index contributed by atoms with van der Waals surface area (Å²) in [6.45, 7) is 5.35. The lowest BCUT2D eigenvalue weighted by molar-refractivity contribution is -0.138. The second-order valence-corrected chi connectivity index (χ2v) is 5.75. The van der Waals surface area contributed by atoms with E-state index >= 15 is 0 Å². The highest BCUT2D eigenvalue weighted by atomic mass is 16.4. The molecule has 1 aromatic heterocycles. The Bertz CT molecular complexity index is 493. The van der Waals surface area contributed by atoms with Crippen molar-refractivity contribution in [3.63, 3.8) is 0 Å². The average molecular weight is 278 g/mol. The van der Waals surface area contributed by atoms with Gasteiger partial charge < -0.3 is 14.6 Å². The predicted octanol–water partition coefficient (Wildman–Crippen LogP) is 2.40. The molecule has 1 aromatic rings. The van der Waals surface area contributed by atoms with Crippen LogP contribution in [-0.4, -0.2) is 39.5 Å². The van der Waals surface area contributed by atoms with Gasteiger partial charge in [0, 0.05) is 31.7 Å². The van der Waals surface area contributed by atoms with Gasteiger partial charge in [-0.1, -0.05) is 0 Å². The fourth-order valence-corrected chi connectivity index (χ4v) is 2.85. The quantitative estimate of drug-likeness (QED) is 0.920. The molecule has 0 aliphatic carbocycles. The van der Waals surface area contributed by atoms with Crippen molar-refractivity contribution in [1.29, 1.82) is 0 Å². The summed E-state index contributed by atoms with van der Waals surface area (Å²) in [4.78, 5) is 25.2. The van der Waals surface area contributed by atoms with Crippen LogP contribution in [0, 0.1) is 5.92 Å². The Morgan fingerprint density at radius 3 is 2.85 bits per heavy atom. The van der Waals surface area contributed by atoms with Crippen LogP contribution in [0.3, 0.4) is 0 Å². The van der Waals surface area contributed by atoms with E-state index in [0.717, 1.165) is 19.4 Å². The van der Waals surface area contributed by atoms with Gasteiger partial charge >= 0.3 is 5.97 Å². The summed E-state index contributed by atoms with van der Waals surface area (Å²) >= 11 is 0. The molecule has 5 nitrogen and oxygen atoms in total. The van der Waals surface area contributed by atoms with E-state index < -0.39 is 5.97 Å². The molecule has 0 saturated carbocycles. The first-order chi connectivity index (χ1) is 9.49. The van der Waals surface area contributed by atoms with Gasteiger partial charge in [0.05, 0.1) is 0 Å². The lowest BCUT2D eigenvalue weighted by atomic mass is 9.94. The van der Waals surface area contributed by atoms with E-state index in [0.29, 0.717) is 12.2 Å². The molecule has 110 valence electrons. The number of carboxylic acids is 1. The molecule has 2 rings (SSSR count). The van der Waals surface area contributed by atoms with Crippen LogP contribution in [0.4, 0.5) is 0 Å². The molecular formula is C15H22N2O3. The van der Waals surface area contributed by atoms with Crippen LogP contribution in [0.5, 0.6) is 0 Å². The van der Waals surface area contributed by atoms with Gasteiger partial charge in [-0.2, -0.15) is 0 Å². The number of carboxylic acid groups (broad SMARTS) is 1. The molecule has 1 unspecified atom stereocenters.